The summed E-state index contributed by atoms with van der Waals surface area (Å²) in [7, 11) is 4.29. The van der Waals surface area contributed by atoms with Crippen molar-refractivity contribution in [3.63, 3.8) is 0 Å². The molecule has 0 saturated carbocycles. The summed E-state index contributed by atoms with van der Waals surface area (Å²) < 4.78 is 6.48. The molecule has 4 rings (SSSR count). The van der Waals surface area contributed by atoms with Gasteiger partial charge >= 0.3 is 12.1 Å². The number of carbonyl (C=O) groups excluding carboxylic acids is 1. The summed E-state index contributed by atoms with van der Waals surface area (Å²) in [5.41, 5.74) is 3.98. The number of piperidine rings is 1. The Morgan fingerprint density at radius 2 is 1.67 bits per heavy atom. The number of carboxylic acid groups (broad SMARTS) is 1. The molecule has 0 aromatic heterocycles. The van der Waals surface area contributed by atoms with Crippen LogP contribution in [-0.2, 0) is 9.53 Å². The number of amides is 1. The van der Waals surface area contributed by atoms with Gasteiger partial charge in [0, 0.05) is 24.2 Å². The van der Waals surface area contributed by atoms with Gasteiger partial charge in [0.05, 0.1) is 27.2 Å². The van der Waals surface area contributed by atoms with E-state index in [0.717, 1.165) is 39.8 Å². The molecule has 6 heteroatoms. The number of benzene rings is 2. The molecule has 6 nitrogen and oxygen atoms in total. The van der Waals surface area contributed by atoms with Gasteiger partial charge in [-0.1, -0.05) is 54.6 Å². The lowest BCUT2D eigenvalue weighted by atomic mass is 9.69. The first-order valence-corrected chi connectivity index (χ1v) is 11.5. The van der Waals surface area contributed by atoms with E-state index in [4.69, 9.17) is 4.74 Å². The molecule has 0 radical (unpaired) electrons. The number of likely N-dealkylation sites (tertiary alicyclic amines) is 1. The number of carboxylic acids is 1. The second-order valence-electron chi connectivity index (χ2n) is 9.98. The molecule has 1 fully saturated rings. The predicted octanol–water partition coefficient (Wildman–Crippen LogP) is 4.41. The zero-order valence-corrected chi connectivity index (χ0v) is 19.4. The maximum atomic E-state index is 12.8. The minimum Gasteiger partial charge on any atom is -0.480 e. The average Bonchev–Trinajstić information content (AvgIpc) is 3.11. The van der Waals surface area contributed by atoms with Crippen molar-refractivity contribution in [2.45, 2.75) is 31.2 Å². The number of aliphatic carboxylic acids is 1. The Labute approximate surface area is 195 Å². The highest BCUT2D eigenvalue weighted by molar-refractivity contribution is 5.81. The van der Waals surface area contributed by atoms with Crippen LogP contribution in [0.3, 0.4) is 0 Å². The second-order valence-corrected chi connectivity index (χ2v) is 9.98. The maximum Gasteiger partial charge on any atom is 0.407 e. The number of fused-ring (bicyclic) bond motifs is 3. The number of carbonyl (C=O) groups is 2. The van der Waals surface area contributed by atoms with Gasteiger partial charge in [0.15, 0.2) is 0 Å². The number of hydrogen-bond donors (Lipinski definition) is 2. The maximum absolute atomic E-state index is 12.8. The molecule has 0 bridgehead atoms. The summed E-state index contributed by atoms with van der Waals surface area (Å²) in [6.45, 7) is 5.71. The minimum atomic E-state index is -1.03. The van der Waals surface area contributed by atoms with Crippen molar-refractivity contribution >= 4 is 12.1 Å². The van der Waals surface area contributed by atoms with Crippen molar-refractivity contribution in [1.82, 2.24) is 5.32 Å². The van der Waals surface area contributed by atoms with Crippen molar-refractivity contribution in [2.75, 3.05) is 33.8 Å². The molecule has 33 heavy (non-hydrogen) atoms. The molecule has 2 aromatic rings. The predicted molar refractivity (Wildman–Crippen MR) is 128 cm³/mol. The van der Waals surface area contributed by atoms with Gasteiger partial charge < -0.3 is 19.6 Å². The molecule has 0 unspecified atom stereocenters. The lowest BCUT2D eigenvalue weighted by Gasteiger charge is -2.46. The van der Waals surface area contributed by atoms with Gasteiger partial charge in [-0.15, -0.1) is 6.58 Å². The molecule has 2 aliphatic rings. The molecule has 0 spiro atoms. The molecular formula is C27H33N2O4+. The van der Waals surface area contributed by atoms with E-state index in [9.17, 15) is 14.7 Å². The van der Waals surface area contributed by atoms with Crippen LogP contribution >= 0.6 is 0 Å². The fourth-order valence-electron chi connectivity index (χ4n) is 5.42. The lowest BCUT2D eigenvalue weighted by molar-refractivity contribution is -0.897. The van der Waals surface area contributed by atoms with Gasteiger partial charge in [-0.05, 0) is 28.7 Å². The summed E-state index contributed by atoms with van der Waals surface area (Å²) >= 11 is 0. The van der Waals surface area contributed by atoms with Gasteiger partial charge in [-0.3, -0.25) is 0 Å². The Balaban J connectivity index is 1.48. The van der Waals surface area contributed by atoms with E-state index in [1.165, 1.54) is 0 Å². The third-order valence-electron chi connectivity index (χ3n) is 7.45. The quantitative estimate of drug-likeness (QED) is 0.485. The molecule has 1 amide bonds. The average molecular weight is 450 g/mol. The molecule has 1 saturated heterocycles. The zero-order chi connectivity index (χ0) is 23.6. The van der Waals surface area contributed by atoms with E-state index in [-0.39, 0.29) is 12.5 Å². The summed E-state index contributed by atoms with van der Waals surface area (Å²) in [5.74, 6) is -1.10. The van der Waals surface area contributed by atoms with Crippen molar-refractivity contribution < 1.29 is 23.9 Å². The number of rotatable bonds is 7. The molecule has 174 valence electrons. The number of allylic oxidation sites excluding steroid dienone is 1. The topological polar surface area (TPSA) is 75.6 Å². The van der Waals surface area contributed by atoms with E-state index in [1.807, 2.05) is 24.3 Å². The van der Waals surface area contributed by atoms with Crippen LogP contribution < -0.4 is 5.32 Å². The fraction of sp³-hybridized carbons (Fsp3) is 0.407. The fourth-order valence-corrected chi connectivity index (χ4v) is 5.42. The third-order valence-corrected chi connectivity index (χ3v) is 7.45. The highest BCUT2D eigenvalue weighted by atomic mass is 16.5. The number of nitrogens with one attached hydrogen (secondary N) is 1. The Hall–Kier alpha value is -3.12. The SMILES string of the molecule is C=CCC1([C@@H](NC(=O)OCC2c3ccccc3-c3ccccc32)C(=O)O)CC[N+](C)(C)CC1. The van der Waals surface area contributed by atoms with Gasteiger partial charge in [-0.25, -0.2) is 9.59 Å². The van der Waals surface area contributed by atoms with Gasteiger partial charge in [-0.2, -0.15) is 0 Å². The second kappa shape index (κ2) is 9.02. The highest BCUT2D eigenvalue weighted by Crippen LogP contribution is 2.44. The van der Waals surface area contributed by atoms with E-state index in [1.54, 1.807) is 6.08 Å². The van der Waals surface area contributed by atoms with E-state index < -0.39 is 23.5 Å². The van der Waals surface area contributed by atoms with Crippen molar-refractivity contribution in [1.29, 1.82) is 0 Å². The Kier molecular flexibility index (Phi) is 6.30. The van der Waals surface area contributed by atoms with Crippen LogP contribution in [0.15, 0.2) is 61.2 Å². The summed E-state index contributed by atoms with van der Waals surface area (Å²) in [5, 5.41) is 12.7. The lowest BCUT2D eigenvalue weighted by Crippen LogP contribution is -2.59. The Morgan fingerprint density at radius 3 is 2.18 bits per heavy atom. The minimum absolute atomic E-state index is 0.0682. The van der Waals surface area contributed by atoms with Crippen molar-refractivity contribution in [3.8, 4) is 11.1 Å². The number of quaternary nitrogens is 1. The third kappa shape index (κ3) is 4.53. The number of hydrogen-bond acceptors (Lipinski definition) is 3. The molecule has 1 aliphatic heterocycles. The Morgan fingerprint density at radius 1 is 1.12 bits per heavy atom. The molecule has 1 aliphatic carbocycles. The number of ether oxygens (including phenoxy) is 1. The smallest absolute Gasteiger partial charge is 0.407 e. The molecule has 1 heterocycles. The van der Waals surface area contributed by atoms with E-state index >= 15 is 0 Å². The van der Waals surface area contributed by atoms with Crippen LogP contribution in [0.25, 0.3) is 11.1 Å². The zero-order valence-electron chi connectivity index (χ0n) is 19.4. The Bertz CT molecular complexity index is 1010. The van der Waals surface area contributed by atoms with Crippen LogP contribution in [0.5, 0.6) is 0 Å². The van der Waals surface area contributed by atoms with Crippen LogP contribution in [0.4, 0.5) is 4.79 Å². The molecule has 1 atom stereocenters. The van der Waals surface area contributed by atoms with Gasteiger partial charge in [0.1, 0.15) is 12.6 Å². The summed E-state index contributed by atoms with van der Waals surface area (Å²) in [4.78, 5) is 25.1. The van der Waals surface area contributed by atoms with E-state index in [0.29, 0.717) is 19.3 Å². The van der Waals surface area contributed by atoms with Crippen LogP contribution in [-0.4, -0.2) is 61.5 Å². The van der Waals surface area contributed by atoms with Crippen molar-refractivity contribution in [2.24, 2.45) is 5.41 Å². The first-order chi connectivity index (χ1) is 15.8. The first-order valence-electron chi connectivity index (χ1n) is 11.5. The monoisotopic (exact) mass is 449 g/mol. The molecule has 2 N–H and O–H groups in total. The van der Waals surface area contributed by atoms with Gasteiger partial charge in [0.25, 0.3) is 0 Å². The summed E-state index contributed by atoms with van der Waals surface area (Å²) in [6.07, 6.45) is 3.01. The summed E-state index contributed by atoms with van der Waals surface area (Å²) in [6, 6.07) is 15.2. The van der Waals surface area contributed by atoms with E-state index in [2.05, 4.69) is 50.3 Å². The van der Waals surface area contributed by atoms with Gasteiger partial charge in [0.2, 0.25) is 0 Å². The number of nitrogens with zero attached hydrogens (tertiary/aromatic N) is 1. The standard InChI is InChI=1S/C27H32N2O4/c1-4-13-27(14-16-29(2,3)17-15-27)24(25(30)31)28-26(32)33-18-23-21-11-7-5-9-19(21)20-10-6-8-12-22(20)23/h4-12,23-24H,1,13-18H2,2-3H3,(H-,28,30,31,32)/p+1/t24-/m0/s1. The number of alkyl carbamates (subject to hydrolysis) is 1. The van der Waals surface area contributed by atoms with Crippen molar-refractivity contribution in [3.05, 3.63) is 72.3 Å². The molecular weight excluding hydrogens is 416 g/mol. The molecule has 2 aromatic carbocycles. The van der Waals surface area contributed by atoms with Crippen LogP contribution in [0, 0.1) is 5.41 Å². The first kappa shape index (κ1) is 23.1. The largest absolute Gasteiger partial charge is 0.480 e. The normalized spacial score (nSPS) is 19.1. The highest BCUT2D eigenvalue weighted by Gasteiger charge is 2.48. The van der Waals surface area contributed by atoms with Crippen LogP contribution in [0.1, 0.15) is 36.3 Å². The van der Waals surface area contributed by atoms with Crippen LogP contribution in [0.2, 0.25) is 0 Å².